The number of hydrogen-bond donors (Lipinski definition) is 3. The van der Waals surface area contributed by atoms with Gasteiger partial charge < -0.3 is 20.7 Å². The molecular formula is C20H33IN4O2. The van der Waals surface area contributed by atoms with Gasteiger partial charge in [-0.2, -0.15) is 0 Å². The molecule has 1 aliphatic heterocycles. The Bertz CT molecular complexity index is 589. The van der Waals surface area contributed by atoms with E-state index in [-0.39, 0.29) is 36.0 Å². The van der Waals surface area contributed by atoms with Gasteiger partial charge in [0.1, 0.15) is 6.10 Å². The minimum Gasteiger partial charge on any atom is -0.368 e. The Morgan fingerprint density at radius 2 is 2.11 bits per heavy atom. The standard InChI is InChI=1S/C20H32N4O2.HI/c1-3-5-6-12-22-20(21-4-2)23-15-16-9-7-10-17(14-16)24-19(25)18-11-8-13-26-18;/h7,9-10,14,18H,3-6,8,11-13,15H2,1-2H3,(H,24,25)(H2,21,22,23);1H. The SMILES string of the molecule is CCCCCNC(=NCc1cccc(NC(=O)C2CCCO2)c1)NCC.I. The third kappa shape index (κ3) is 8.92. The molecule has 1 unspecified atom stereocenters. The number of unbranched alkanes of at least 4 members (excludes halogenated alkanes) is 2. The van der Waals surface area contributed by atoms with E-state index >= 15 is 0 Å². The molecule has 6 nitrogen and oxygen atoms in total. The maximum atomic E-state index is 12.2. The highest BCUT2D eigenvalue weighted by Gasteiger charge is 2.23. The second kappa shape index (κ2) is 13.8. The van der Waals surface area contributed by atoms with Gasteiger partial charge >= 0.3 is 0 Å². The van der Waals surface area contributed by atoms with Crippen LogP contribution in [0, 0.1) is 0 Å². The first-order valence-electron chi connectivity index (χ1n) is 9.76. The lowest BCUT2D eigenvalue weighted by Crippen LogP contribution is -2.37. The molecule has 2 rings (SSSR count). The molecule has 1 atom stereocenters. The fourth-order valence-corrected chi connectivity index (χ4v) is 2.85. The predicted molar refractivity (Wildman–Crippen MR) is 122 cm³/mol. The van der Waals surface area contributed by atoms with Crippen LogP contribution in [0.5, 0.6) is 0 Å². The van der Waals surface area contributed by atoms with Crippen molar-refractivity contribution in [3.05, 3.63) is 29.8 Å². The number of nitrogens with zero attached hydrogens (tertiary/aromatic N) is 1. The summed E-state index contributed by atoms with van der Waals surface area (Å²) in [7, 11) is 0. The Hall–Kier alpha value is -1.35. The van der Waals surface area contributed by atoms with E-state index in [1.165, 1.54) is 12.8 Å². The normalized spacial score (nSPS) is 16.5. The van der Waals surface area contributed by atoms with Gasteiger partial charge in [0, 0.05) is 25.4 Å². The van der Waals surface area contributed by atoms with E-state index in [1.807, 2.05) is 24.3 Å². The summed E-state index contributed by atoms with van der Waals surface area (Å²) in [6, 6.07) is 7.83. The van der Waals surface area contributed by atoms with Crippen LogP contribution in [0.15, 0.2) is 29.3 Å². The molecule has 1 saturated heterocycles. The fourth-order valence-electron chi connectivity index (χ4n) is 2.85. The summed E-state index contributed by atoms with van der Waals surface area (Å²) in [5.41, 5.74) is 1.85. The topological polar surface area (TPSA) is 74.8 Å². The van der Waals surface area contributed by atoms with Crippen LogP contribution in [-0.4, -0.2) is 37.7 Å². The average Bonchev–Trinajstić information content (AvgIpc) is 3.18. The van der Waals surface area contributed by atoms with Crippen molar-refractivity contribution in [1.82, 2.24) is 10.6 Å². The number of carbonyl (C=O) groups is 1. The molecule has 27 heavy (non-hydrogen) atoms. The Labute approximate surface area is 179 Å². The first-order chi connectivity index (χ1) is 12.7. The van der Waals surface area contributed by atoms with Crippen molar-refractivity contribution in [2.45, 2.75) is 58.6 Å². The maximum Gasteiger partial charge on any atom is 0.253 e. The van der Waals surface area contributed by atoms with E-state index in [2.05, 4.69) is 34.8 Å². The first kappa shape index (κ1) is 23.7. The van der Waals surface area contributed by atoms with Crippen LogP contribution in [0.3, 0.4) is 0 Å². The molecule has 1 aromatic rings. The maximum absolute atomic E-state index is 12.2. The average molecular weight is 488 g/mol. The van der Waals surface area contributed by atoms with Crippen molar-refractivity contribution in [3.8, 4) is 0 Å². The molecule has 0 spiro atoms. The zero-order valence-electron chi connectivity index (χ0n) is 16.4. The fraction of sp³-hybridized carbons (Fsp3) is 0.600. The molecule has 152 valence electrons. The van der Waals surface area contributed by atoms with E-state index in [0.29, 0.717) is 13.2 Å². The number of aliphatic imine (C=N–C) groups is 1. The van der Waals surface area contributed by atoms with Gasteiger partial charge in [-0.3, -0.25) is 4.79 Å². The molecule has 0 saturated carbocycles. The summed E-state index contributed by atoms with van der Waals surface area (Å²) in [5.74, 6) is 0.770. The molecule has 0 bridgehead atoms. The minimum atomic E-state index is -0.315. The third-order valence-electron chi connectivity index (χ3n) is 4.25. The Balaban J connectivity index is 0.00000364. The van der Waals surface area contributed by atoms with Crippen LogP contribution < -0.4 is 16.0 Å². The first-order valence-corrected chi connectivity index (χ1v) is 9.76. The number of amides is 1. The Morgan fingerprint density at radius 3 is 2.81 bits per heavy atom. The monoisotopic (exact) mass is 488 g/mol. The number of benzene rings is 1. The van der Waals surface area contributed by atoms with Gasteiger partial charge in [0.25, 0.3) is 5.91 Å². The van der Waals surface area contributed by atoms with Crippen molar-refractivity contribution in [2.24, 2.45) is 4.99 Å². The molecule has 0 aromatic heterocycles. The molecule has 1 fully saturated rings. The summed E-state index contributed by atoms with van der Waals surface area (Å²) >= 11 is 0. The van der Waals surface area contributed by atoms with E-state index in [1.54, 1.807) is 0 Å². The van der Waals surface area contributed by atoms with Gasteiger partial charge in [-0.15, -0.1) is 24.0 Å². The second-order valence-electron chi connectivity index (χ2n) is 6.52. The largest absolute Gasteiger partial charge is 0.368 e. The van der Waals surface area contributed by atoms with Gasteiger partial charge in [-0.1, -0.05) is 31.9 Å². The lowest BCUT2D eigenvalue weighted by Gasteiger charge is -2.12. The molecule has 1 amide bonds. The minimum absolute atomic E-state index is 0. The number of guanidine groups is 1. The van der Waals surface area contributed by atoms with Gasteiger partial charge in [-0.05, 0) is 43.9 Å². The number of halogens is 1. The van der Waals surface area contributed by atoms with E-state index in [4.69, 9.17) is 4.74 Å². The van der Waals surface area contributed by atoms with Crippen LogP contribution in [0.25, 0.3) is 0 Å². The molecule has 7 heteroatoms. The zero-order chi connectivity index (χ0) is 18.6. The number of ether oxygens (including phenoxy) is 1. The van der Waals surface area contributed by atoms with Gasteiger partial charge in [-0.25, -0.2) is 4.99 Å². The summed E-state index contributed by atoms with van der Waals surface area (Å²) < 4.78 is 5.43. The van der Waals surface area contributed by atoms with Gasteiger partial charge in [0.05, 0.1) is 6.54 Å². The summed E-state index contributed by atoms with van der Waals surface area (Å²) in [5, 5.41) is 9.57. The number of hydrogen-bond acceptors (Lipinski definition) is 3. The molecule has 1 heterocycles. The lowest BCUT2D eigenvalue weighted by atomic mass is 10.2. The van der Waals surface area contributed by atoms with Crippen LogP contribution in [0.2, 0.25) is 0 Å². The van der Waals surface area contributed by atoms with Crippen molar-refractivity contribution in [2.75, 3.05) is 25.0 Å². The highest BCUT2D eigenvalue weighted by molar-refractivity contribution is 14.0. The third-order valence-corrected chi connectivity index (χ3v) is 4.25. The summed E-state index contributed by atoms with van der Waals surface area (Å²) in [6.07, 6.45) is 5.01. The van der Waals surface area contributed by atoms with Crippen LogP contribution in [0.1, 0.15) is 51.5 Å². The van der Waals surface area contributed by atoms with Crippen LogP contribution >= 0.6 is 24.0 Å². The van der Waals surface area contributed by atoms with Crippen LogP contribution in [-0.2, 0) is 16.1 Å². The van der Waals surface area contributed by atoms with E-state index in [9.17, 15) is 4.79 Å². The van der Waals surface area contributed by atoms with Crippen LogP contribution in [0.4, 0.5) is 5.69 Å². The van der Waals surface area contributed by atoms with Gasteiger partial charge in [0.15, 0.2) is 5.96 Å². The molecular weight excluding hydrogens is 455 g/mol. The van der Waals surface area contributed by atoms with E-state index < -0.39 is 0 Å². The molecule has 1 aliphatic rings. The molecule has 3 N–H and O–H groups in total. The molecule has 0 aliphatic carbocycles. The quantitative estimate of drug-likeness (QED) is 0.215. The summed E-state index contributed by atoms with van der Waals surface area (Å²) in [6.45, 7) is 7.25. The lowest BCUT2D eigenvalue weighted by molar-refractivity contribution is -0.124. The van der Waals surface area contributed by atoms with Crippen molar-refractivity contribution < 1.29 is 9.53 Å². The smallest absolute Gasteiger partial charge is 0.253 e. The van der Waals surface area contributed by atoms with Gasteiger partial charge in [0.2, 0.25) is 0 Å². The summed E-state index contributed by atoms with van der Waals surface area (Å²) in [4.78, 5) is 16.8. The molecule has 0 radical (unpaired) electrons. The van der Waals surface area contributed by atoms with Crippen molar-refractivity contribution in [3.63, 3.8) is 0 Å². The number of anilines is 1. The number of rotatable bonds is 9. The number of nitrogens with one attached hydrogen (secondary N) is 3. The molecule has 1 aromatic carbocycles. The van der Waals surface area contributed by atoms with Crippen molar-refractivity contribution in [1.29, 1.82) is 0 Å². The van der Waals surface area contributed by atoms with Crippen molar-refractivity contribution >= 4 is 41.5 Å². The zero-order valence-corrected chi connectivity index (χ0v) is 18.8. The highest BCUT2D eigenvalue weighted by atomic mass is 127. The highest BCUT2D eigenvalue weighted by Crippen LogP contribution is 2.16. The number of carbonyl (C=O) groups excluding carboxylic acids is 1. The Kier molecular flexibility index (Phi) is 12.1. The van der Waals surface area contributed by atoms with E-state index in [0.717, 1.165) is 49.6 Å². The predicted octanol–water partition coefficient (Wildman–Crippen LogP) is 3.67. The Morgan fingerprint density at radius 1 is 1.26 bits per heavy atom. The second-order valence-corrected chi connectivity index (χ2v) is 6.52.